The fourth-order valence-electron chi connectivity index (χ4n) is 3.77. The van der Waals surface area contributed by atoms with E-state index in [1.54, 1.807) is 47.3 Å². The summed E-state index contributed by atoms with van der Waals surface area (Å²) in [6.45, 7) is 0. The van der Waals surface area contributed by atoms with Crippen LogP contribution in [-0.4, -0.2) is 20.7 Å². The fourth-order valence-corrected chi connectivity index (χ4v) is 4.15. The second-order valence-electron chi connectivity index (χ2n) is 7.34. The molecule has 1 aliphatic rings. The highest BCUT2D eigenvalue weighted by Gasteiger charge is 2.26. The van der Waals surface area contributed by atoms with Crippen LogP contribution >= 0.6 is 23.2 Å². The van der Waals surface area contributed by atoms with Crippen molar-refractivity contribution >= 4 is 34.9 Å². The largest absolute Gasteiger partial charge is 0.438 e. The van der Waals surface area contributed by atoms with Gasteiger partial charge in [-0.05, 0) is 55.7 Å². The van der Waals surface area contributed by atoms with Crippen molar-refractivity contribution < 1.29 is 9.53 Å². The van der Waals surface area contributed by atoms with E-state index in [0.717, 1.165) is 30.5 Å². The molecule has 5 rings (SSSR count). The molecule has 0 aliphatic heterocycles. The van der Waals surface area contributed by atoms with E-state index in [1.807, 2.05) is 24.3 Å². The van der Waals surface area contributed by atoms with Crippen LogP contribution in [0.1, 0.15) is 28.0 Å². The van der Waals surface area contributed by atoms with E-state index in [1.165, 1.54) is 0 Å². The van der Waals surface area contributed by atoms with E-state index in [9.17, 15) is 4.79 Å². The van der Waals surface area contributed by atoms with E-state index in [0.29, 0.717) is 32.9 Å². The third-order valence-corrected chi connectivity index (χ3v) is 6.08. The van der Waals surface area contributed by atoms with Crippen LogP contribution in [-0.2, 0) is 12.8 Å². The number of pyridine rings is 1. The van der Waals surface area contributed by atoms with Crippen LogP contribution in [0.5, 0.6) is 11.6 Å². The molecule has 4 aromatic rings. The number of carbonyl (C=O) groups excluding carboxylic acids is 1. The van der Waals surface area contributed by atoms with Gasteiger partial charge in [-0.15, -0.1) is 0 Å². The van der Waals surface area contributed by atoms with Gasteiger partial charge in [-0.2, -0.15) is 5.10 Å². The maximum absolute atomic E-state index is 13.3. The van der Waals surface area contributed by atoms with Crippen molar-refractivity contribution in [2.24, 2.45) is 0 Å². The number of aromatic nitrogens is 3. The Labute approximate surface area is 194 Å². The highest BCUT2D eigenvalue weighted by molar-refractivity contribution is 6.43. The van der Waals surface area contributed by atoms with Gasteiger partial charge in [0.25, 0.3) is 5.91 Å². The molecule has 160 valence electrons. The summed E-state index contributed by atoms with van der Waals surface area (Å²) in [5.41, 5.74) is 2.87. The minimum absolute atomic E-state index is 0.222. The number of anilines is 1. The topological polar surface area (TPSA) is 69.0 Å². The van der Waals surface area contributed by atoms with Gasteiger partial charge in [0.1, 0.15) is 17.1 Å². The van der Waals surface area contributed by atoms with Crippen molar-refractivity contribution in [2.45, 2.75) is 19.3 Å². The number of halogens is 2. The van der Waals surface area contributed by atoms with E-state index in [2.05, 4.69) is 10.3 Å². The Morgan fingerprint density at radius 2 is 1.84 bits per heavy atom. The maximum atomic E-state index is 13.3. The molecule has 0 saturated heterocycles. The summed E-state index contributed by atoms with van der Waals surface area (Å²) in [6.07, 6.45) is 4.24. The number of fused-ring (bicyclic) bond motifs is 1. The van der Waals surface area contributed by atoms with Gasteiger partial charge in [-0.1, -0.05) is 47.5 Å². The number of nitrogens with zero attached hydrogens (tertiary/aromatic N) is 3. The predicted octanol–water partition coefficient (Wildman–Crippen LogP) is 6.11. The van der Waals surface area contributed by atoms with Gasteiger partial charge in [0, 0.05) is 11.8 Å². The number of hydrogen-bond donors (Lipinski definition) is 1. The fraction of sp³-hybridized carbons (Fsp3) is 0.125. The summed E-state index contributed by atoms with van der Waals surface area (Å²) >= 11 is 12.7. The van der Waals surface area contributed by atoms with Crippen LogP contribution in [0, 0.1) is 0 Å². The number of ether oxygens (including phenoxy) is 1. The molecule has 0 fully saturated rings. The molecule has 1 amide bonds. The Kier molecular flexibility index (Phi) is 5.55. The molecule has 32 heavy (non-hydrogen) atoms. The Hall–Kier alpha value is -3.35. The smallest absolute Gasteiger partial charge is 0.262 e. The van der Waals surface area contributed by atoms with Crippen LogP contribution in [0.4, 0.5) is 5.82 Å². The Bertz CT molecular complexity index is 1300. The number of aryl methyl sites for hydroxylation is 1. The number of carbonyl (C=O) groups is 1. The van der Waals surface area contributed by atoms with Crippen molar-refractivity contribution in [2.75, 3.05) is 5.32 Å². The molecular formula is C24H18Cl2N4O2. The molecule has 2 aromatic heterocycles. The Morgan fingerprint density at radius 3 is 2.69 bits per heavy atom. The summed E-state index contributed by atoms with van der Waals surface area (Å²) < 4.78 is 7.52. The van der Waals surface area contributed by atoms with Crippen LogP contribution in [0.25, 0.3) is 5.69 Å². The predicted molar refractivity (Wildman–Crippen MR) is 124 cm³/mol. The normalized spacial score (nSPS) is 12.4. The summed E-state index contributed by atoms with van der Waals surface area (Å²) in [5.74, 6) is 1.05. The van der Waals surface area contributed by atoms with Crippen LogP contribution in [0.3, 0.4) is 0 Å². The van der Waals surface area contributed by atoms with Gasteiger partial charge in [-0.3, -0.25) is 4.79 Å². The van der Waals surface area contributed by atoms with Gasteiger partial charge >= 0.3 is 0 Å². The molecule has 1 N–H and O–H groups in total. The highest BCUT2D eigenvalue weighted by atomic mass is 35.5. The van der Waals surface area contributed by atoms with Crippen molar-refractivity contribution in [3.05, 3.63) is 93.7 Å². The van der Waals surface area contributed by atoms with Gasteiger partial charge in [0.2, 0.25) is 5.88 Å². The lowest BCUT2D eigenvalue weighted by molar-refractivity contribution is 0.102. The molecule has 2 aromatic carbocycles. The molecule has 0 radical (unpaired) electrons. The lowest BCUT2D eigenvalue weighted by Gasteiger charge is -2.14. The molecule has 0 unspecified atom stereocenters. The van der Waals surface area contributed by atoms with E-state index >= 15 is 0 Å². The number of hydrogen-bond acceptors (Lipinski definition) is 4. The average molecular weight is 465 g/mol. The van der Waals surface area contributed by atoms with E-state index < -0.39 is 0 Å². The molecule has 0 saturated carbocycles. The second kappa shape index (κ2) is 8.65. The lowest BCUT2D eigenvalue weighted by Crippen LogP contribution is -2.17. The Morgan fingerprint density at radius 1 is 1.00 bits per heavy atom. The zero-order valence-corrected chi connectivity index (χ0v) is 18.4. The zero-order chi connectivity index (χ0) is 22.1. The van der Waals surface area contributed by atoms with Gasteiger partial charge in [-0.25, -0.2) is 9.67 Å². The number of para-hydroxylation sites is 1. The molecule has 6 nitrogen and oxygen atoms in total. The quantitative estimate of drug-likeness (QED) is 0.386. The third-order valence-electron chi connectivity index (χ3n) is 5.27. The monoisotopic (exact) mass is 464 g/mol. The third kappa shape index (κ3) is 3.83. The van der Waals surface area contributed by atoms with Gasteiger partial charge < -0.3 is 10.1 Å². The van der Waals surface area contributed by atoms with Crippen molar-refractivity contribution in [3.63, 3.8) is 0 Å². The summed E-state index contributed by atoms with van der Waals surface area (Å²) in [7, 11) is 0. The van der Waals surface area contributed by atoms with E-state index in [4.69, 9.17) is 33.0 Å². The maximum Gasteiger partial charge on any atom is 0.262 e. The molecule has 0 atom stereocenters. The van der Waals surface area contributed by atoms with Crippen LogP contribution in [0.2, 0.25) is 10.0 Å². The first-order chi connectivity index (χ1) is 15.6. The second-order valence-corrected chi connectivity index (χ2v) is 8.12. The highest BCUT2D eigenvalue weighted by Crippen LogP contribution is 2.36. The van der Waals surface area contributed by atoms with Crippen molar-refractivity contribution in [3.8, 4) is 17.3 Å². The van der Waals surface area contributed by atoms with Crippen molar-refractivity contribution in [1.29, 1.82) is 0 Å². The molecule has 1 aliphatic carbocycles. The van der Waals surface area contributed by atoms with Gasteiger partial charge in [0.15, 0.2) is 0 Å². The molecule has 0 spiro atoms. The first kappa shape index (κ1) is 20.5. The summed E-state index contributed by atoms with van der Waals surface area (Å²) in [4.78, 5) is 17.6. The first-order valence-electron chi connectivity index (χ1n) is 10.2. The van der Waals surface area contributed by atoms with Crippen LogP contribution < -0.4 is 10.1 Å². The molecule has 0 bridgehead atoms. The number of nitrogens with one attached hydrogen (secondary N) is 1. The zero-order valence-electron chi connectivity index (χ0n) is 16.9. The minimum atomic E-state index is -0.349. The summed E-state index contributed by atoms with van der Waals surface area (Å²) in [5, 5.41) is 8.52. The minimum Gasteiger partial charge on any atom is -0.438 e. The standard InChI is InChI=1S/C24H18Cl2N4O2/c25-18-11-5-13-20(21(18)26)30-22(16-9-4-12-19(16)29-30)28-23(31)17-10-6-14-27-24(17)32-15-7-2-1-3-8-15/h1-3,5-8,10-11,13-14H,4,9,12H2,(H,28,31). The summed E-state index contributed by atoms with van der Waals surface area (Å²) in [6, 6.07) is 17.9. The van der Waals surface area contributed by atoms with Gasteiger partial charge in [0.05, 0.1) is 21.4 Å². The average Bonchev–Trinajstić information content (AvgIpc) is 3.39. The van der Waals surface area contributed by atoms with E-state index in [-0.39, 0.29) is 11.8 Å². The van der Waals surface area contributed by atoms with Crippen LogP contribution in [0.15, 0.2) is 66.9 Å². The lowest BCUT2D eigenvalue weighted by atomic mass is 10.2. The number of amides is 1. The number of benzene rings is 2. The molecular weight excluding hydrogens is 447 g/mol. The Balaban J connectivity index is 1.52. The number of rotatable bonds is 5. The SMILES string of the molecule is O=C(Nc1c2c(nn1-c1cccc(Cl)c1Cl)CCC2)c1cccnc1Oc1ccccc1. The van der Waals surface area contributed by atoms with Crippen molar-refractivity contribution in [1.82, 2.24) is 14.8 Å². The molecule has 2 heterocycles. The molecule has 8 heteroatoms. The first-order valence-corrected chi connectivity index (χ1v) is 10.9.